The summed E-state index contributed by atoms with van der Waals surface area (Å²) < 4.78 is 1.59. The van der Waals surface area contributed by atoms with Gasteiger partial charge in [0.2, 0.25) is 5.91 Å². The van der Waals surface area contributed by atoms with Gasteiger partial charge in [-0.1, -0.05) is 5.21 Å². The highest BCUT2D eigenvalue weighted by atomic mass is 16.1. The highest BCUT2D eigenvalue weighted by molar-refractivity contribution is 5.72. The standard InChI is InChI=1S/C6H10N4O/c1-5(11)7-3-6-4-10(2)9-8-6/h4H,3H2,1-2H3,(H,7,11). The Morgan fingerprint density at radius 2 is 2.55 bits per heavy atom. The van der Waals surface area contributed by atoms with E-state index in [2.05, 4.69) is 15.6 Å². The number of carbonyl (C=O) groups excluding carboxylic acids is 1. The second-order valence-corrected chi connectivity index (χ2v) is 2.29. The fourth-order valence-corrected chi connectivity index (χ4v) is 0.691. The van der Waals surface area contributed by atoms with Crippen LogP contribution < -0.4 is 5.32 Å². The van der Waals surface area contributed by atoms with Crippen LogP contribution in [0.2, 0.25) is 0 Å². The molecule has 0 bridgehead atoms. The average molecular weight is 154 g/mol. The molecule has 1 rings (SSSR count). The third-order valence-electron chi connectivity index (χ3n) is 1.17. The van der Waals surface area contributed by atoms with Gasteiger partial charge in [-0.05, 0) is 0 Å². The zero-order valence-corrected chi connectivity index (χ0v) is 6.53. The van der Waals surface area contributed by atoms with E-state index in [1.54, 1.807) is 17.9 Å². The van der Waals surface area contributed by atoms with Crippen molar-refractivity contribution in [2.45, 2.75) is 13.5 Å². The molecule has 5 nitrogen and oxygen atoms in total. The van der Waals surface area contributed by atoms with Crippen LogP contribution >= 0.6 is 0 Å². The van der Waals surface area contributed by atoms with Gasteiger partial charge in [0.1, 0.15) is 5.69 Å². The van der Waals surface area contributed by atoms with Gasteiger partial charge in [-0.25, -0.2) is 0 Å². The molecule has 0 unspecified atom stereocenters. The maximum Gasteiger partial charge on any atom is 0.217 e. The average Bonchev–Trinajstić information content (AvgIpc) is 2.31. The molecule has 1 aromatic heterocycles. The van der Waals surface area contributed by atoms with Crippen molar-refractivity contribution >= 4 is 5.91 Å². The Balaban J connectivity index is 2.45. The van der Waals surface area contributed by atoms with E-state index in [4.69, 9.17) is 0 Å². The first kappa shape index (κ1) is 7.71. The SMILES string of the molecule is CC(=O)NCc1cn(C)nn1. The van der Waals surface area contributed by atoms with Gasteiger partial charge in [-0.15, -0.1) is 5.10 Å². The lowest BCUT2D eigenvalue weighted by molar-refractivity contribution is -0.119. The molecular formula is C6H10N4O. The molecule has 0 saturated carbocycles. The number of rotatable bonds is 2. The highest BCUT2D eigenvalue weighted by Crippen LogP contribution is 1.88. The topological polar surface area (TPSA) is 59.8 Å². The maximum atomic E-state index is 10.5. The molecule has 0 spiro atoms. The zero-order chi connectivity index (χ0) is 8.27. The van der Waals surface area contributed by atoms with Gasteiger partial charge in [0.15, 0.2) is 0 Å². The first-order valence-corrected chi connectivity index (χ1v) is 3.28. The summed E-state index contributed by atoms with van der Waals surface area (Å²) in [4.78, 5) is 10.5. The van der Waals surface area contributed by atoms with Crippen LogP contribution in [0.15, 0.2) is 6.20 Å². The Kier molecular flexibility index (Phi) is 2.20. The molecule has 1 aromatic rings. The molecule has 0 aliphatic carbocycles. The summed E-state index contributed by atoms with van der Waals surface area (Å²) in [6, 6.07) is 0. The maximum absolute atomic E-state index is 10.5. The van der Waals surface area contributed by atoms with Gasteiger partial charge in [0.25, 0.3) is 0 Å². The quantitative estimate of drug-likeness (QED) is 0.621. The second kappa shape index (κ2) is 3.14. The Morgan fingerprint density at radius 3 is 3.00 bits per heavy atom. The minimum Gasteiger partial charge on any atom is -0.351 e. The summed E-state index contributed by atoms with van der Waals surface area (Å²) in [6.45, 7) is 1.92. The van der Waals surface area contributed by atoms with E-state index in [1.165, 1.54) is 6.92 Å². The molecule has 0 aliphatic heterocycles. The largest absolute Gasteiger partial charge is 0.351 e. The molecule has 5 heteroatoms. The van der Waals surface area contributed by atoms with E-state index < -0.39 is 0 Å². The summed E-state index contributed by atoms with van der Waals surface area (Å²) in [5, 5.41) is 10.1. The number of hydrogen-bond donors (Lipinski definition) is 1. The molecule has 1 amide bonds. The molecule has 0 radical (unpaired) electrons. The molecule has 0 aromatic carbocycles. The van der Waals surface area contributed by atoms with Crippen LogP contribution in [-0.4, -0.2) is 20.9 Å². The number of nitrogens with zero attached hydrogens (tertiary/aromatic N) is 3. The predicted octanol–water partition coefficient (Wildman–Crippen LogP) is -0.549. The van der Waals surface area contributed by atoms with E-state index in [-0.39, 0.29) is 5.91 Å². The van der Waals surface area contributed by atoms with Crippen LogP contribution in [0.25, 0.3) is 0 Å². The fraction of sp³-hybridized carbons (Fsp3) is 0.500. The van der Waals surface area contributed by atoms with Crippen molar-refractivity contribution < 1.29 is 4.79 Å². The Morgan fingerprint density at radius 1 is 1.82 bits per heavy atom. The fourth-order valence-electron chi connectivity index (χ4n) is 0.691. The summed E-state index contributed by atoms with van der Waals surface area (Å²) in [6.07, 6.45) is 1.76. The van der Waals surface area contributed by atoms with E-state index in [9.17, 15) is 4.79 Å². The van der Waals surface area contributed by atoms with Crippen LogP contribution in [0.3, 0.4) is 0 Å². The number of aryl methyl sites for hydroxylation is 1. The van der Waals surface area contributed by atoms with Gasteiger partial charge in [-0.3, -0.25) is 9.48 Å². The Bertz CT molecular complexity index is 255. The van der Waals surface area contributed by atoms with Crippen LogP contribution in [0.1, 0.15) is 12.6 Å². The molecule has 60 valence electrons. The summed E-state index contributed by atoms with van der Waals surface area (Å²) in [7, 11) is 1.78. The van der Waals surface area contributed by atoms with Crippen molar-refractivity contribution in [1.29, 1.82) is 0 Å². The molecule has 0 saturated heterocycles. The number of hydrogen-bond acceptors (Lipinski definition) is 3. The number of amides is 1. The normalized spacial score (nSPS) is 9.64. The van der Waals surface area contributed by atoms with E-state index >= 15 is 0 Å². The molecule has 11 heavy (non-hydrogen) atoms. The van der Waals surface area contributed by atoms with Crippen LogP contribution in [0.5, 0.6) is 0 Å². The third kappa shape index (κ3) is 2.37. The minimum atomic E-state index is -0.0596. The first-order chi connectivity index (χ1) is 5.18. The van der Waals surface area contributed by atoms with Gasteiger partial charge in [-0.2, -0.15) is 0 Å². The molecule has 1 N–H and O–H groups in total. The first-order valence-electron chi connectivity index (χ1n) is 3.28. The van der Waals surface area contributed by atoms with Gasteiger partial charge in [0, 0.05) is 20.2 Å². The highest BCUT2D eigenvalue weighted by Gasteiger charge is 1.97. The number of nitrogens with one attached hydrogen (secondary N) is 1. The molecule has 0 atom stereocenters. The van der Waals surface area contributed by atoms with Crippen molar-refractivity contribution in [3.05, 3.63) is 11.9 Å². The molecular weight excluding hydrogens is 144 g/mol. The Labute approximate surface area is 64.4 Å². The van der Waals surface area contributed by atoms with E-state index in [1.807, 2.05) is 0 Å². The molecule has 1 heterocycles. The van der Waals surface area contributed by atoms with Gasteiger partial charge < -0.3 is 5.32 Å². The minimum absolute atomic E-state index is 0.0596. The van der Waals surface area contributed by atoms with Crippen molar-refractivity contribution in [1.82, 2.24) is 20.3 Å². The molecule has 0 fully saturated rings. The zero-order valence-electron chi connectivity index (χ0n) is 6.53. The lowest BCUT2D eigenvalue weighted by Crippen LogP contribution is -2.19. The summed E-state index contributed by atoms with van der Waals surface area (Å²) in [5.41, 5.74) is 0.766. The van der Waals surface area contributed by atoms with E-state index in [0.29, 0.717) is 6.54 Å². The number of carbonyl (C=O) groups is 1. The monoisotopic (exact) mass is 154 g/mol. The third-order valence-corrected chi connectivity index (χ3v) is 1.17. The van der Waals surface area contributed by atoms with Crippen molar-refractivity contribution in [3.8, 4) is 0 Å². The lowest BCUT2D eigenvalue weighted by Gasteiger charge is -1.94. The predicted molar refractivity (Wildman–Crippen MR) is 38.5 cm³/mol. The Hall–Kier alpha value is -1.39. The smallest absolute Gasteiger partial charge is 0.217 e. The van der Waals surface area contributed by atoms with Crippen molar-refractivity contribution in [2.75, 3.05) is 0 Å². The van der Waals surface area contributed by atoms with Crippen LogP contribution in [0, 0.1) is 0 Å². The lowest BCUT2D eigenvalue weighted by atomic mass is 10.4. The number of aromatic nitrogens is 3. The van der Waals surface area contributed by atoms with Gasteiger partial charge >= 0.3 is 0 Å². The van der Waals surface area contributed by atoms with Crippen molar-refractivity contribution in [3.63, 3.8) is 0 Å². The van der Waals surface area contributed by atoms with Crippen molar-refractivity contribution in [2.24, 2.45) is 7.05 Å². The second-order valence-electron chi connectivity index (χ2n) is 2.29. The summed E-state index contributed by atoms with van der Waals surface area (Å²) in [5.74, 6) is -0.0596. The van der Waals surface area contributed by atoms with E-state index in [0.717, 1.165) is 5.69 Å². The summed E-state index contributed by atoms with van der Waals surface area (Å²) >= 11 is 0. The van der Waals surface area contributed by atoms with Crippen LogP contribution in [0.4, 0.5) is 0 Å². The van der Waals surface area contributed by atoms with Crippen LogP contribution in [-0.2, 0) is 18.4 Å². The van der Waals surface area contributed by atoms with Gasteiger partial charge in [0.05, 0.1) is 6.54 Å². The molecule has 0 aliphatic rings.